The highest BCUT2D eigenvalue weighted by molar-refractivity contribution is 9.10. The van der Waals surface area contributed by atoms with Crippen LogP contribution in [0, 0.1) is 0 Å². The molecular formula is C32H29BrN4O3S. The van der Waals surface area contributed by atoms with Crippen molar-refractivity contribution in [1.82, 2.24) is 5.32 Å². The van der Waals surface area contributed by atoms with E-state index in [0.29, 0.717) is 16.9 Å². The van der Waals surface area contributed by atoms with Gasteiger partial charge >= 0.3 is 0 Å². The Morgan fingerprint density at radius 2 is 1.51 bits per heavy atom. The maximum atomic E-state index is 13.4. The van der Waals surface area contributed by atoms with E-state index in [1.807, 2.05) is 79.7 Å². The number of rotatable bonds is 10. The number of amides is 3. The molecule has 0 aliphatic heterocycles. The Labute approximate surface area is 252 Å². The van der Waals surface area contributed by atoms with Crippen LogP contribution in [0.15, 0.2) is 118 Å². The molecule has 0 heterocycles. The van der Waals surface area contributed by atoms with Crippen LogP contribution in [0.5, 0.6) is 0 Å². The average Bonchev–Trinajstić information content (AvgIpc) is 2.98. The molecule has 0 bridgehead atoms. The van der Waals surface area contributed by atoms with E-state index in [-0.39, 0.29) is 17.4 Å². The Balaban J connectivity index is 1.46. The van der Waals surface area contributed by atoms with Crippen LogP contribution in [0.1, 0.15) is 15.9 Å². The van der Waals surface area contributed by atoms with E-state index in [0.717, 1.165) is 20.6 Å². The topological polar surface area (TPSA) is 90.5 Å². The Bertz CT molecular complexity index is 1540. The van der Waals surface area contributed by atoms with Gasteiger partial charge in [0.2, 0.25) is 5.91 Å². The third kappa shape index (κ3) is 9.09. The van der Waals surface area contributed by atoms with Crippen LogP contribution in [0.3, 0.4) is 0 Å². The van der Waals surface area contributed by atoms with Crippen LogP contribution in [-0.4, -0.2) is 37.6 Å². The van der Waals surface area contributed by atoms with Crippen LogP contribution in [0.25, 0.3) is 6.08 Å². The molecular weight excluding hydrogens is 600 g/mol. The van der Waals surface area contributed by atoms with Crippen LogP contribution < -0.4 is 20.9 Å². The first kappa shape index (κ1) is 29.6. The molecule has 0 spiro atoms. The average molecular weight is 630 g/mol. The number of nitrogens with one attached hydrogen (secondary N) is 3. The summed E-state index contributed by atoms with van der Waals surface area (Å²) in [6.45, 7) is 0. The van der Waals surface area contributed by atoms with Crippen LogP contribution in [0.2, 0.25) is 0 Å². The lowest BCUT2D eigenvalue weighted by Gasteiger charge is -2.14. The number of hydrogen-bond acceptors (Lipinski definition) is 5. The molecule has 0 saturated heterocycles. The Kier molecular flexibility index (Phi) is 10.4. The molecule has 0 radical (unpaired) electrons. The molecule has 0 saturated carbocycles. The van der Waals surface area contributed by atoms with Crippen LogP contribution in [0.4, 0.5) is 17.1 Å². The summed E-state index contributed by atoms with van der Waals surface area (Å²) >= 11 is 4.73. The zero-order valence-electron chi connectivity index (χ0n) is 22.6. The molecule has 0 unspecified atom stereocenters. The number of hydrogen-bond donors (Lipinski definition) is 3. The molecule has 0 aliphatic rings. The molecule has 4 rings (SSSR count). The van der Waals surface area contributed by atoms with Crippen molar-refractivity contribution in [3.63, 3.8) is 0 Å². The van der Waals surface area contributed by atoms with Gasteiger partial charge in [-0.15, -0.1) is 11.8 Å². The zero-order chi connectivity index (χ0) is 29.2. The number of thioether (sulfide) groups is 1. The van der Waals surface area contributed by atoms with E-state index in [4.69, 9.17) is 0 Å². The first-order valence-corrected chi connectivity index (χ1v) is 14.5. The fourth-order valence-corrected chi connectivity index (χ4v) is 4.74. The van der Waals surface area contributed by atoms with Gasteiger partial charge in [-0.25, -0.2) is 0 Å². The summed E-state index contributed by atoms with van der Waals surface area (Å²) in [5, 5.41) is 8.50. The van der Waals surface area contributed by atoms with Crippen molar-refractivity contribution >= 4 is 68.6 Å². The van der Waals surface area contributed by atoms with Gasteiger partial charge in [0.1, 0.15) is 5.70 Å². The summed E-state index contributed by atoms with van der Waals surface area (Å²) < 4.78 is 0.934. The van der Waals surface area contributed by atoms with E-state index in [2.05, 4.69) is 31.9 Å². The lowest BCUT2D eigenvalue weighted by Crippen LogP contribution is -2.30. The molecule has 3 N–H and O–H groups in total. The van der Waals surface area contributed by atoms with Gasteiger partial charge in [-0.2, -0.15) is 0 Å². The molecule has 3 amide bonds. The SMILES string of the molecule is CN(C)c1ccc(/C=C(/NC(=O)c2ccccc2)C(=O)Nc2cccc(SCC(=O)Nc3ccc(Br)cc3)c2)cc1. The number of nitrogens with zero attached hydrogens (tertiary/aromatic N) is 1. The highest BCUT2D eigenvalue weighted by Gasteiger charge is 2.15. The molecule has 0 atom stereocenters. The molecule has 208 valence electrons. The number of anilines is 3. The second kappa shape index (κ2) is 14.3. The quantitative estimate of drug-likeness (QED) is 0.135. The predicted molar refractivity (Wildman–Crippen MR) is 171 cm³/mol. The first-order chi connectivity index (χ1) is 19.8. The van der Waals surface area contributed by atoms with Gasteiger partial charge in [0, 0.05) is 46.1 Å². The van der Waals surface area contributed by atoms with E-state index in [1.165, 1.54) is 11.8 Å². The van der Waals surface area contributed by atoms with Crippen molar-refractivity contribution in [1.29, 1.82) is 0 Å². The summed E-state index contributed by atoms with van der Waals surface area (Å²) in [4.78, 5) is 41.5. The Morgan fingerprint density at radius 1 is 0.805 bits per heavy atom. The first-order valence-electron chi connectivity index (χ1n) is 12.7. The fraction of sp³-hybridized carbons (Fsp3) is 0.0938. The summed E-state index contributed by atoms with van der Waals surface area (Å²) in [5.41, 5.74) is 3.57. The van der Waals surface area contributed by atoms with Crippen molar-refractivity contribution in [3.8, 4) is 0 Å². The monoisotopic (exact) mass is 628 g/mol. The van der Waals surface area contributed by atoms with E-state index >= 15 is 0 Å². The maximum Gasteiger partial charge on any atom is 0.272 e. The number of halogens is 1. The van der Waals surface area contributed by atoms with Gasteiger partial charge in [-0.05, 0) is 78.4 Å². The van der Waals surface area contributed by atoms with E-state index < -0.39 is 11.8 Å². The third-order valence-corrected chi connectivity index (χ3v) is 7.36. The van der Waals surface area contributed by atoms with Crippen molar-refractivity contribution in [2.24, 2.45) is 0 Å². The highest BCUT2D eigenvalue weighted by atomic mass is 79.9. The lowest BCUT2D eigenvalue weighted by molar-refractivity contribution is -0.114. The molecule has 0 aliphatic carbocycles. The molecule has 41 heavy (non-hydrogen) atoms. The summed E-state index contributed by atoms with van der Waals surface area (Å²) in [5.74, 6) is -0.797. The van der Waals surface area contributed by atoms with Gasteiger partial charge < -0.3 is 20.9 Å². The van der Waals surface area contributed by atoms with Gasteiger partial charge in [0.05, 0.1) is 5.75 Å². The number of benzene rings is 4. The molecule has 0 fully saturated rings. The fourth-order valence-electron chi connectivity index (χ4n) is 3.72. The van der Waals surface area contributed by atoms with Crippen molar-refractivity contribution < 1.29 is 14.4 Å². The van der Waals surface area contributed by atoms with Gasteiger partial charge in [0.15, 0.2) is 0 Å². The summed E-state index contributed by atoms with van der Waals surface area (Å²) in [7, 11) is 3.90. The van der Waals surface area contributed by atoms with Crippen molar-refractivity contribution in [2.45, 2.75) is 4.90 Å². The van der Waals surface area contributed by atoms with Crippen molar-refractivity contribution in [2.75, 3.05) is 35.4 Å². The minimum atomic E-state index is -0.471. The van der Waals surface area contributed by atoms with Crippen LogP contribution >= 0.6 is 27.7 Å². The third-order valence-electron chi connectivity index (χ3n) is 5.84. The Morgan fingerprint density at radius 3 is 2.20 bits per heavy atom. The highest BCUT2D eigenvalue weighted by Crippen LogP contribution is 2.23. The van der Waals surface area contributed by atoms with E-state index in [9.17, 15) is 14.4 Å². The molecule has 7 nitrogen and oxygen atoms in total. The zero-order valence-corrected chi connectivity index (χ0v) is 25.0. The smallest absolute Gasteiger partial charge is 0.272 e. The standard InChI is InChI=1S/C32H29BrN4O3S/c1-37(2)27-17-11-22(12-18-27)19-29(36-31(39)23-7-4-3-5-8-23)32(40)35-26-9-6-10-28(20-26)41-21-30(38)34-25-15-13-24(33)14-16-25/h3-20H,21H2,1-2H3,(H,34,38)(H,35,40)(H,36,39)/b29-19+. The van der Waals surface area contributed by atoms with Gasteiger partial charge in [-0.3, -0.25) is 14.4 Å². The number of carbonyl (C=O) groups excluding carboxylic acids is 3. The molecule has 4 aromatic carbocycles. The minimum absolute atomic E-state index is 0.100. The molecule has 9 heteroatoms. The van der Waals surface area contributed by atoms with Crippen molar-refractivity contribution in [3.05, 3.63) is 124 Å². The van der Waals surface area contributed by atoms with Gasteiger partial charge in [0.25, 0.3) is 11.8 Å². The maximum absolute atomic E-state index is 13.4. The lowest BCUT2D eigenvalue weighted by atomic mass is 10.1. The second-order valence-corrected chi connectivity index (χ2v) is 11.2. The molecule has 0 aromatic heterocycles. The second-order valence-electron chi connectivity index (χ2n) is 9.19. The summed E-state index contributed by atoms with van der Waals surface area (Å²) in [6, 6.07) is 30.9. The normalized spacial score (nSPS) is 11.0. The molecule has 4 aromatic rings. The van der Waals surface area contributed by atoms with Gasteiger partial charge in [-0.1, -0.05) is 52.3 Å². The van der Waals surface area contributed by atoms with E-state index in [1.54, 1.807) is 48.5 Å². The largest absolute Gasteiger partial charge is 0.378 e. The predicted octanol–water partition coefficient (Wildman–Crippen LogP) is 6.66. The minimum Gasteiger partial charge on any atom is -0.378 e. The number of carbonyl (C=O) groups is 3. The van der Waals surface area contributed by atoms with Crippen LogP contribution in [-0.2, 0) is 9.59 Å². The Hall–Kier alpha value is -4.34. The summed E-state index contributed by atoms with van der Waals surface area (Å²) in [6.07, 6.45) is 1.64.